The number of hydrogen-bond acceptors (Lipinski definition) is 3. The van der Waals surface area contributed by atoms with Gasteiger partial charge in [-0.2, -0.15) is 0 Å². The molecule has 1 aromatic carbocycles. The summed E-state index contributed by atoms with van der Waals surface area (Å²) in [6, 6.07) is 7.81. The summed E-state index contributed by atoms with van der Waals surface area (Å²) in [6.45, 7) is 0. The lowest BCUT2D eigenvalue weighted by Gasteiger charge is -1.99. The van der Waals surface area contributed by atoms with Crippen LogP contribution in [0.25, 0.3) is 20.7 Å². The first-order chi connectivity index (χ1) is 8.65. The monoisotopic (exact) mass is 358 g/mol. The molecule has 18 heavy (non-hydrogen) atoms. The van der Waals surface area contributed by atoms with Crippen LogP contribution in [-0.2, 0) is 0 Å². The molecular weight excluding hydrogens is 355 g/mol. The number of thiophene rings is 1. The number of benzene rings is 1. The smallest absolute Gasteiger partial charge is 0.150 e. The number of rotatable bonds is 1. The van der Waals surface area contributed by atoms with Crippen molar-refractivity contribution >= 4 is 60.7 Å². The van der Waals surface area contributed by atoms with E-state index in [9.17, 15) is 0 Å². The molecule has 0 bridgehead atoms. The first kappa shape index (κ1) is 12.4. The summed E-state index contributed by atoms with van der Waals surface area (Å²) < 4.78 is 1.77. The fourth-order valence-electron chi connectivity index (χ4n) is 1.62. The largest absolute Gasteiger partial charge is 0.235 e. The fraction of sp³-hybridized carbons (Fsp3) is 0. The van der Waals surface area contributed by atoms with Crippen LogP contribution in [0.3, 0.4) is 0 Å². The fourth-order valence-corrected chi connectivity index (χ4v) is 3.36. The van der Waals surface area contributed by atoms with Crippen molar-refractivity contribution in [2.45, 2.75) is 0 Å². The molecule has 0 spiro atoms. The molecule has 2 heterocycles. The first-order valence-corrected chi connectivity index (χ1v) is 7.37. The quantitative estimate of drug-likeness (QED) is 0.541. The highest BCUT2D eigenvalue weighted by Gasteiger charge is 2.09. The highest BCUT2D eigenvalue weighted by atomic mass is 79.9. The van der Waals surface area contributed by atoms with Crippen LogP contribution in [0.1, 0.15) is 0 Å². The third-order valence-corrected chi connectivity index (χ3v) is 5.26. The van der Waals surface area contributed by atoms with E-state index in [-0.39, 0.29) is 0 Å². The standard InChI is InChI=1S/C12H5BrCl2N2S/c13-7-3-6(1-2-8(7)14)10-4-9-11(18-10)12(15)17-5-16-9/h1-5H. The number of halogens is 3. The summed E-state index contributed by atoms with van der Waals surface area (Å²) in [7, 11) is 0. The van der Waals surface area contributed by atoms with E-state index in [4.69, 9.17) is 23.2 Å². The van der Waals surface area contributed by atoms with Gasteiger partial charge in [0, 0.05) is 9.35 Å². The second-order valence-corrected chi connectivity index (χ2v) is 6.29. The Kier molecular flexibility index (Phi) is 3.28. The second kappa shape index (κ2) is 4.78. The molecule has 0 saturated heterocycles. The van der Waals surface area contributed by atoms with Crippen molar-refractivity contribution in [2.24, 2.45) is 0 Å². The van der Waals surface area contributed by atoms with Crippen LogP contribution in [0, 0.1) is 0 Å². The molecule has 6 heteroatoms. The molecule has 0 saturated carbocycles. The average Bonchev–Trinajstić information content (AvgIpc) is 2.78. The minimum Gasteiger partial charge on any atom is -0.235 e. The Morgan fingerprint density at radius 2 is 1.94 bits per heavy atom. The lowest BCUT2D eigenvalue weighted by Crippen LogP contribution is -1.76. The number of nitrogens with zero attached hydrogens (tertiary/aromatic N) is 2. The highest BCUT2D eigenvalue weighted by Crippen LogP contribution is 2.37. The Labute approximate surface area is 126 Å². The molecule has 2 aromatic heterocycles. The summed E-state index contributed by atoms with van der Waals surface area (Å²) >= 11 is 17.0. The van der Waals surface area contributed by atoms with Gasteiger partial charge in [0.05, 0.1) is 15.2 Å². The molecule has 0 fully saturated rings. The van der Waals surface area contributed by atoms with E-state index in [1.807, 2.05) is 24.3 Å². The van der Waals surface area contributed by atoms with Crippen molar-refractivity contribution in [2.75, 3.05) is 0 Å². The summed E-state index contributed by atoms with van der Waals surface area (Å²) in [4.78, 5) is 9.27. The summed E-state index contributed by atoms with van der Waals surface area (Å²) in [6.07, 6.45) is 1.47. The molecule has 0 amide bonds. The van der Waals surface area contributed by atoms with E-state index < -0.39 is 0 Å². The topological polar surface area (TPSA) is 25.8 Å². The lowest BCUT2D eigenvalue weighted by molar-refractivity contribution is 1.23. The van der Waals surface area contributed by atoms with Crippen molar-refractivity contribution in [3.05, 3.63) is 45.2 Å². The molecule has 0 unspecified atom stereocenters. The van der Waals surface area contributed by atoms with E-state index in [1.165, 1.54) is 6.33 Å². The van der Waals surface area contributed by atoms with Crippen LogP contribution in [0.15, 0.2) is 35.1 Å². The molecule has 3 rings (SSSR count). The van der Waals surface area contributed by atoms with Gasteiger partial charge < -0.3 is 0 Å². The van der Waals surface area contributed by atoms with Gasteiger partial charge in [0.15, 0.2) is 0 Å². The van der Waals surface area contributed by atoms with Gasteiger partial charge >= 0.3 is 0 Å². The Hall–Kier alpha value is -0.680. The van der Waals surface area contributed by atoms with Gasteiger partial charge in [-0.15, -0.1) is 11.3 Å². The number of aromatic nitrogens is 2. The zero-order chi connectivity index (χ0) is 12.7. The van der Waals surface area contributed by atoms with Gasteiger partial charge in [0.2, 0.25) is 0 Å². The lowest BCUT2D eigenvalue weighted by atomic mass is 10.2. The van der Waals surface area contributed by atoms with Crippen molar-refractivity contribution < 1.29 is 0 Å². The zero-order valence-corrected chi connectivity index (χ0v) is 12.7. The Morgan fingerprint density at radius 1 is 1.11 bits per heavy atom. The van der Waals surface area contributed by atoms with Crippen LogP contribution >= 0.6 is 50.5 Å². The molecule has 0 aliphatic heterocycles. The second-order valence-electron chi connectivity index (χ2n) is 3.62. The van der Waals surface area contributed by atoms with E-state index in [2.05, 4.69) is 25.9 Å². The van der Waals surface area contributed by atoms with Gasteiger partial charge in [-0.1, -0.05) is 29.3 Å². The maximum absolute atomic E-state index is 6.04. The Balaban J connectivity index is 2.19. The SMILES string of the molecule is Clc1ccc(-c2cc3ncnc(Cl)c3s2)cc1Br. The first-order valence-electron chi connectivity index (χ1n) is 5.00. The predicted molar refractivity (Wildman–Crippen MR) is 80.6 cm³/mol. The van der Waals surface area contributed by atoms with Crippen molar-refractivity contribution in [1.82, 2.24) is 9.97 Å². The maximum Gasteiger partial charge on any atom is 0.150 e. The third-order valence-electron chi connectivity index (χ3n) is 2.47. The van der Waals surface area contributed by atoms with E-state index in [0.29, 0.717) is 10.2 Å². The summed E-state index contributed by atoms with van der Waals surface area (Å²) in [5.41, 5.74) is 1.94. The molecule has 0 aliphatic rings. The van der Waals surface area contributed by atoms with Crippen molar-refractivity contribution in [3.8, 4) is 10.4 Å². The Bertz CT molecular complexity index is 742. The van der Waals surface area contributed by atoms with Crippen LogP contribution in [0.4, 0.5) is 0 Å². The van der Waals surface area contributed by atoms with E-state index in [0.717, 1.165) is 25.1 Å². The summed E-state index contributed by atoms with van der Waals surface area (Å²) in [5, 5.41) is 1.18. The van der Waals surface area contributed by atoms with Crippen LogP contribution < -0.4 is 0 Å². The van der Waals surface area contributed by atoms with E-state index >= 15 is 0 Å². The molecule has 0 N–H and O–H groups in total. The van der Waals surface area contributed by atoms with Gasteiger partial charge in [-0.25, -0.2) is 9.97 Å². The molecule has 3 aromatic rings. The van der Waals surface area contributed by atoms with Gasteiger partial charge in [0.1, 0.15) is 11.5 Å². The molecule has 0 aliphatic carbocycles. The minimum absolute atomic E-state index is 0.490. The summed E-state index contributed by atoms with van der Waals surface area (Å²) in [5.74, 6) is 0. The van der Waals surface area contributed by atoms with Gasteiger partial charge in [-0.05, 0) is 39.7 Å². The average molecular weight is 360 g/mol. The normalized spacial score (nSPS) is 11.1. The Morgan fingerprint density at radius 3 is 2.67 bits per heavy atom. The van der Waals surface area contributed by atoms with Crippen LogP contribution in [0.2, 0.25) is 10.2 Å². The van der Waals surface area contributed by atoms with Crippen molar-refractivity contribution in [1.29, 1.82) is 0 Å². The third kappa shape index (κ3) is 2.14. The van der Waals surface area contributed by atoms with E-state index in [1.54, 1.807) is 11.3 Å². The molecule has 90 valence electrons. The van der Waals surface area contributed by atoms with Gasteiger partial charge in [-0.3, -0.25) is 0 Å². The molecule has 0 radical (unpaired) electrons. The van der Waals surface area contributed by atoms with Crippen LogP contribution in [-0.4, -0.2) is 9.97 Å². The minimum atomic E-state index is 0.490. The predicted octanol–water partition coefficient (Wildman–Crippen LogP) is 5.43. The maximum atomic E-state index is 6.04. The van der Waals surface area contributed by atoms with Crippen LogP contribution in [0.5, 0.6) is 0 Å². The number of hydrogen-bond donors (Lipinski definition) is 0. The highest BCUT2D eigenvalue weighted by molar-refractivity contribution is 9.10. The molecular formula is C12H5BrCl2N2S. The van der Waals surface area contributed by atoms with Gasteiger partial charge in [0.25, 0.3) is 0 Å². The molecule has 0 atom stereocenters. The molecule has 2 nitrogen and oxygen atoms in total. The number of fused-ring (bicyclic) bond motifs is 1. The van der Waals surface area contributed by atoms with Crippen molar-refractivity contribution in [3.63, 3.8) is 0 Å². The zero-order valence-electron chi connectivity index (χ0n) is 8.82.